The van der Waals surface area contributed by atoms with Crippen LogP contribution >= 0.6 is 23.5 Å². The van der Waals surface area contributed by atoms with Crippen molar-refractivity contribution in [3.63, 3.8) is 0 Å². The van der Waals surface area contributed by atoms with Gasteiger partial charge in [0.15, 0.2) is 5.96 Å². The second kappa shape index (κ2) is 25.8. The van der Waals surface area contributed by atoms with E-state index in [1.807, 2.05) is 23.5 Å². The molecule has 0 saturated carbocycles. The molecule has 0 spiro atoms. The average Bonchev–Trinajstić information content (AvgIpc) is 3.99. The van der Waals surface area contributed by atoms with Crippen LogP contribution in [0.2, 0.25) is 0 Å². The summed E-state index contributed by atoms with van der Waals surface area (Å²) in [7, 11) is 0. The highest BCUT2D eigenvalue weighted by atomic mass is 32.2. The van der Waals surface area contributed by atoms with Gasteiger partial charge in [0, 0.05) is 96.3 Å². The Hall–Kier alpha value is -4.06. The number of unbranched alkanes of at least 4 members (excludes halogenated alkanes) is 4. The van der Waals surface area contributed by atoms with Crippen molar-refractivity contribution >= 4 is 70.4 Å². The van der Waals surface area contributed by atoms with E-state index in [-0.39, 0.29) is 68.1 Å². The molecular weight excluding hydrogens is 819 g/mol. The van der Waals surface area contributed by atoms with Gasteiger partial charge in [-0.2, -0.15) is 23.5 Å². The summed E-state index contributed by atoms with van der Waals surface area (Å²) in [5.41, 5.74) is 6.93. The number of ether oxygens (including phenoxy) is 1. The van der Waals surface area contributed by atoms with Gasteiger partial charge in [0.25, 0.3) is 5.91 Å². The van der Waals surface area contributed by atoms with E-state index in [1.165, 1.54) is 0 Å². The van der Waals surface area contributed by atoms with Crippen LogP contribution in [0, 0.1) is 17.8 Å². The maximum Gasteiger partial charge on any atom is 0.251 e. The fourth-order valence-electron chi connectivity index (χ4n) is 8.03. The fourth-order valence-corrected chi connectivity index (χ4v) is 11.1. The molecule has 4 saturated heterocycles. The van der Waals surface area contributed by atoms with Crippen molar-refractivity contribution in [2.45, 2.75) is 131 Å². The number of carbonyl (C=O) groups is 5. The molecular formula is C42H65N11O6S2. The fraction of sp³-hybridized carbons (Fsp3) is 0.667. The predicted molar refractivity (Wildman–Crippen MR) is 242 cm³/mol. The molecule has 0 radical (unpaired) electrons. The highest BCUT2D eigenvalue weighted by molar-refractivity contribution is 8.00. The van der Waals surface area contributed by atoms with Gasteiger partial charge >= 0.3 is 0 Å². The normalized spacial score (nSPS) is 23.5. The van der Waals surface area contributed by atoms with Crippen LogP contribution in [0.3, 0.4) is 0 Å². The van der Waals surface area contributed by atoms with E-state index in [9.17, 15) is 24.0 Å². The molecule has 0 bridgehead atoms. The number of rotatable bonds is 27. The van der Waals surface area contributed by atoms with Crippen molar-refractivity contribution in [3.8, 4) is 12.3 Å². The number of thioether (sulfide) groups is 2. The minimum atomic E-state index is -0.406. The van der Waals surface area contributed by atoms with Gasteiger partial charge in [-0.05, 0) is 69.6 Å². The van der Waals surface area contributed by atoms with Gasteiger partial charge in [-0.15, -0.1) is 6.42 Å². The van der Waals surface area contributed by atoms with E-state index in [0.29, 0.717) is 104 Å². The monoisotopic (exact) mass is 883 g/mol. The number of guanidine groups is 1. The zero-order valence-electron chi connectivity index (χ0n) is 35.0. The van der Waals surface area contributed by atoms with Crippen LogP contribution < -0.4 is 53.6 Å². The molecule has 4 aliphatic rings. The third-order valence-electron chi connectivity index (χ3n) is 11.1. The lowest BCUT2D eigenvalue weighted by Crippen LogP contribution is -2.43. The molecule has 1 aromatic carbocycles. The van der Waals surface area contributed by atoms with Crippen molar-refractivity contribution in [3.05, 3.63) is 23.8 Å². The van der Waals surface area contributed by atoms with Crippen LogP contribution in [0.5, 0.6) is 0 Å². The Morgan fingerprint density at radius 2 is 1.26 bits per heavy atom. The molecule has 0 aromatic heterocycles. The Balaban J connectivity index is 0.955. The number of terminal acetylenes is 1. The number of hydrogen-bond donors (Lipinski definition) is 11. The van der Waals surface area contributed by atoms with Crippen molar-refractivity contribution in [1.82, 2.24) is 37.2 Å². The second-order valence-electron chi connectivity index (χ2n) is 16.0. The summed E-state index contributed by atoms with van der Waals surface area (Å²) >= 11 is 3.89. The lowest BCUT2D eigenvalue weighted by atomic mass is 10.0. The molecule has 5 amide bonds. The van der Waals surface area contributed by atoms with E-state index in [4.69, 9.17) is 22.3 Å². The third kappa shape index (κ3) is 16.6. The van der Waals surface area contributed by atoms with Gasteiger partial charge in [-0.3, -0.25) is 40.0 Å². The first-order chi connectivity index (χ1) is 29.6. The summed E-state index contributed by atoms with van der Waals surface area (Å²) in [6.45, 7) is 1.54. The van der Waals surface area contributed by atoms with Gasteiger partial charge in [-0.25, -0.2) is 0 Å². The number of nitrogens with two attached hydrogens (primary N) is 1. The SMILES string of the molecule is C#CCOCCNC(=O)c1cc(NC(=O)CCCCNC(=O)CCCCC2SCC3NC(=N)NC32)cc(NC(=O)CCCCNC(=O)CCCCC2SCC3NC(N)NC32)c1. The molecule has 7 atom stereocenters. The van der Waals surface area contributed by atoms with Crippen LogP contribution in [0.15, 0.2) is 18.2 Å². The third-order valence-corrected chi connectivity index (χ3v) is 14.1. The molecule has 12 N–H and O–H groups in total. The highest BCUT2D eigenvalue weighted by Gasteiger charge is 2.42. The Kier molecular flexibility index (Phi) is 20.3. The van der Waals surface area contributed by atoms with Gasteiger partial charge < -0.3 is 47.7 Å². The topological polar surface area (TPSA) is 253 Å². The van der Waals surface area contributed by atoms with Crippen LogP contribution in [0.4, 0.5) is 11.4 Å². The zero-order chi connectivity index (χ0) is 43.4. The van der Waals surface area contributed by atoms with Crippen LogP contribution in [-0.2, 0) is 23.9 Å². The molecule has 4 fully saturated rings. The minimum Gasteiger partial charge on any atom is -0.367 e. The molecule has 336 valence electrons. The van der Waals surface area contributed by atoms with Crippen molar-refractivity contribution < 1.29 is 28.7 Å². The Labute approximate surface area is 368 Å². The van der Waals surface area contributed by atoms with E-state index in [1.54, 1.807) is 18.2 Å². The minimum absolute atomic E-state index is 0.00254. The van der Waals surface area contributed by atoms with Gasteiger partial charge in [-0.1, -0.05) is 18.8 Å². The first-order valence-electron chi connectivity index (χ1n) is 21.8. The smallest absolute Gasteiger partial charge is 0.251 e. The van der Waals surface area contributed by atoms with Gasteiger partial charge in [0.1, 0.15) is 12.9 Å². The van der Waals surface area contributed by atoms with Crippen molar-refractivity contribution in [2.75, 3.05) is 55.0 Å². The molecule has 4 heterocycles. The van der Waals surface area contributed by atoms with Crippen molar-refractivity contribution in [1.29, 1.82) is 5.41 Å². The van der Waals surface area contributed by atoms with E-state index < -0.39 is 5.91 Å². The summed E-state index contributed by atoms with van der Waals surface area (Å²) in [6, 6.07) is 6.14. The number of nitrogens with one attached hydrogen (secondary N) is 10. The van der Waals surface area contributed by atoms with Crippen LogP contribution in [-0.4, -0.2) is 121 Å². The second-order valence-corrected chi connectivity index (χ2v) is 18.5. The van der Waals surface area contributed by atoms with Crippen molar-refractivity contribution in [2.24, 2.45) is 5.73 Å². The van der Waals surface area contributed by atoms with Gasteiger partial charge in [0.05, 0.1) is 18.7 Å². The maximum absolute atomic E-state index is 13.0. The number of hydrogen-bond acceptors (Lipinski definition) is 12. The lowest BCUT2D eigenvalue weighted by Gasteiger charge is -2.17. The Morgan fingerprint density at radius 1 is 0.705 bits per heavy atom. The summed E-state index contributed by atoms with van der Waals surface area (Å²) in [6.07, 6.45) is 14.5. The lowest BCUT2D eigenvalue weighted by molar-refractivity contribution is -0.122. The van der Waals surface area contributed by atoms with E-state index in [2.05, 4.69) is 53.8 Å². The maximum atomic E-state index is 13.0. The Bertz CT molecular complexity index is 1700. The van der Waals surface area contributed by atoms with E-state index >= 15 is 0 Å². The molecule has 4 aliphatic heterocycles. The molecule has 0 aliphatic carbocycles. The van der Waals surface area contributed by atoms with Crippen LogP contribution in [0.25, 0.3) is 0 Å². The van der Waals surface area contributed by atoms with Crippen LogP contribution in [0.1, 0.15) is 100 Å². The van der Waals surface area contributed by atoms with E-state index in [0.717, 1.165) is 50.0 Å². The first-order valence-corrected chi connectivity index (χ1v) is 23.9. The molecule has 61 heavy (non-hydrogen) atoms. The molecule has 17 nitrogen and oxygen atoms in total. The summed E-state index contributed by atoms with van der Waals surface area (Å²) in [4.78, 5) is 63.6. The highest BCUT2D eigenvalue weighted by Crippen LogP contribution is 2.34. The molecule has 19 heteroatoms. The summed E-state index contributed by atoms with van der Waals surface area (Å²) in [5.74, 6) is 3.94. The number of fused-ring (bicyclic) bond motifs is 2. The number of amides is 5. The first kappa shape index (κ1) is 48.0. The summed E-state index contributed by atoms with van der Waals surface area (Å²) < 4.78 is 5.24. The van der Waals surface area contributed by atoms with Gasteiger partial charge in [0.2, 0.25) is 23.6 Å². The average molecular weight is 884 g/mol. The number of benzene rings is 1. The molecule has 1 aromatic rings. The standard InChI is InChI=1S/C42H65N11O6S2/c1-2-20-59-21-19-47-40(58)27-22-28(48-36(56)15-7-9-17-45-34(54)13-5-3-11-32-38-30(25-60-32)50-41(43)52-38)24-29(23-27)49-37(57)16-8-10-18-46-35(55)14-6-4-12-33-39-31(26-61-33)51-42(44)53-39/h1,22-24,30-33,38-39,41,50,52H,3-21,25-26,43H2,(H,45,54)(H,46,55)(H,47,58)(H,48,56)(H,49,57)(H3,44,51,53). The molecule has 5 rings (SSSR count). The summed E-state index contributed by atoms with van der Waals surface area (Å²) in [5, 5.41) is 36.3. The largest absolute Gasteiger partial charge is 0.367 e. The zero-order valence-corrected chi connectivity index (χ0v) is 36.7. The number of anilines is 2. The Morgan fingerprint density at radius 3 is 1.87 bits per heavy atom. The molecule has 7 unspecified atom stereocenters. The predicted octanol–water partition coefficient (Wildman–Crippen LogP) is 1.90. The quantitative estimate of drug-likeness (QED) is 0.0447. The number of carbonyl (C=O) groups excluding carboxylic acids is 5.